The summed E-state index contributed by atoms with van der Waals surface area (Å²) in [5.41, 5.74) is 9.67. The number of fused-ring (bicyclic) bond motifs is 1. The molecule has 4 aliphatic rings. The number of hydrazine groups is 2. The van der Waals surface area contributed by atoms with E-state index in [1.807, 2.05) is 7.05 Å². The van der Waals surface area contributed by atoms with Crippen molar-refractivity contribution in [3.8, 4) is 0 Å². The molecule has 1 aliphatic carbocycles. The van der Waals surface area contributed by atoms with Gasteiger partial charge in [0.25, 0.3) is 0 Å². The molecular weight excluding hydrogens is 350 g/mol. The second kappa shape index (κ2) is 7.98. The first-order chi connectivity index (χ1) is 13.0. The van der Waals surface area contributed by atoms with Crippen LogP contribution < -0.4 is 26.9 Å². The van der Waals surface area contributed by atoms with E-state index in [1.165, 1.54) is 0 Å². The number of nitrogens with one attached hydrogen (secondary N) is 5. The molecule has 27 heavy (non-hydrogen) atoms. The van der Waals surface area contributed by atoms with Crippen LogP contribution in [0.1, 0.15) is 25.7 Å². The van der Waals surface area contributed by atoms with Crippen LogP contribution in [0.25, 0.3) is 0 Å². The van der Waals surface area contributed by atoms with Crippen molar-refractivity contribution in [1.29, 1.82) is 0 Å². The van der Waals surface area contributed by atoms with Gasteiger partial charge in [-0.3, -0.25) is 19.9 Å². The van der Waals surface area contributed by atoms with Gasteiger partial charge in [-0.1, -0.05) is 0 Å². The van der Waals surface area contributed by atoms with Gasteiger partial charge >= 0.3 is 5.97 Å². The number of rotatable bonds is 4. The Labute approximate surface area is 159 Å². The molecule has 0 bridgehead atoms. The van der Waals surface area contributed by atoms with Gasteiger partial charge in [0.05, 0.1) is 12.1 Å². The fourth-order valence-corrected chi connectivity index (χ4v) is 4.98. The summed E-state index contributed by atoms with van der Waals surface area (Å²) >= 11 is 0. The Bertz CT molecular complexity index is 563. The van der Waals surface area contributed by atoms with Gasteiger partial charge in [0.15, 0.2) is 0 Å². The van der Waals surface area contributed by atoms with Crippen LogP contribution in [-0.4, -0.2) is 84.5 Å². The third-order valence-corrected chi connectivity index (χ3v) is 6.63. The quantitative estimate of drug-likeness (QED) is 0.324. The Morgan fingerprint density at radius 1 is 1.19 bits per heavy atom. The van der Waals surface area contributed by atoms with E-state index < -0.39 is 11.9 Å². The lowest BCUT2D eigenvalue weighted by Crippen LogP contribution is -2.63. The number of carboxylic acids is 1. The van der Waals surface area contributed by atoms with E-state index in [-0.39, 0.29) is 30.2 Å². The van der Waals surface area contributed by atoms with Crippen LogP contribution in [-0.2, 0) is 9.59 Å². The predicted octanol–water partition coefficient (Wildman–Crippen LogP) is -2.15. The van der Waals surface area contributed by atoms with Crippen LogP contribution in [0.5, 0.6) is 0 Å². The number of carboxylic acid groups (broad SMARTS) is 1. The van der Waals surface area contributed by atoms with Crippen molar-refractivity contribution in [2.75, 3.05) is 33.4 Å². The van der Waals surface area contributed by atoms with E-state index in [2.05, 4.69) is 36.8 Å². The van der Waals surface area contributed by atoms with Crippen molar-refractivity contribution in [3.63, 3.8) is 0 Å². The topological polar surface area (TPSA) is 121 Å². The minimum atomic E-state index is -0.815. The fourth-order valence-electron chi connectivity index (χ4n) is 4.98. The highest BCUT2D eigenvalue weighted by Gasteiger charge is 2.45. The molecule has 10 nitrogen and oxygen atoms in total. The molecule has 4 rings (SSSR count). The van der Waals surface area contributed by atoms with Crippen LogP contribution in [0.3, 0.4) is 0 Å². The lowest BCUT2D eigenvalue weighted by atomic mass is 9.75. The zero-order valence-corrected chi connectivity index (χ0v) is 15.8. The van der Waals surface area contributed by atoms with E-state index in [4.69, 9.17) is 0 Å². The molecule has 1 amide bonds. The first-order valence-corrected chi connectivity index (χ1v) is 9.98. The van der Waals surface area contributed by atoms with E-state index in [9.17, 15) is 14.7 Å². The maximum atomic E-state index is 12.8. The van der Waals surface area contributed by atoms with Crippen molar-refractivity contribution < 1.29 is 14.7 Å². The Kier molecular flexibility index (Phi) is 5.62. The predicted molar refractivity (Wildman–Crippen MR) is 98.0 cm³/mol. The minimum absolute atomic E-state index is 0.108. The summed E-state index contributed by atoms with van der Waals surface area (Å²) in [4.78, 5) is 26.8. The average Bonchev–Trinajstić information content (AvgIpc) is 3.32. The second-order valence-corrected chi connectivity index (χ2v) is 8.24. The van der Waals surface area contributed by atoms with Gasteiger partial charge < -0.3 is 15.7 Å². The van der Waals surface area contributed by atoms with E-state index in [0.29, 0.717) is 18.8 Å². The molecule has 3 heterocycles. The van der Waals surface area contributed by atoms with Crippen molar-refractivity contribution >= 4 is 11.9 Å². The molecule has 0 spiro atoms. The van der Waals surface area contributed by atoms with Crippen molar-refractivity contribution in [2.45, 2.75) is 50.0 Å². The summed E-state index contributed by atoms with van der Waals surface area (Å²) in [5.74, 6) is -1.12. The normalized spacial score (nSPS) is 40.6. The van der Waals surface area contributed by atoms with Gasteiger partial charge in [0.2, 0.25) is 5.91 Å². The molecule has 1 saturated carbocycles. The fraction of sp³-hybridized carbons (Fsp3) is 0.882. The molecule has 0 radical (unpaired) electrons. The number of hydrogen-bond acceptors (Lipinski definition) is 8. The molecule has 6 unspecified atom stereocenters. The van der Waals surface area contributed by atoms with E-state index in [1.54, 1.807) is 0 Å². The van der Waals surface area contributed by atoms with Crippen LogP contribution in [0, 0.1) is 11.8 Å². The molecule has 3 aliphatic heterocycles. The number of carbonyl (C=O) groups is 2. The smallest absolute Gasteiger partial charge is 0.308 e. The molecule has 6 atom stereocenters. The summed E-state index contributed by atoms with van der Waals surface area (Å²) < 4.78 is 0. The summed E-state index contributed by atoms with van der Waals surface area (Å²) in [6.07, 6.45) is 3.11. The number of amides is 1. The molecule has 6 N–H and O–H groups in total. The molecular formula is C17H31N7O3. The summed E-state index contributed by atoms with van der Waals surface area (Å²) in [7, 11) is 1.99. The maximum absolute atomic E-state index is 12.8. The Hall–Kier alpha value is -1.30. The van der Waals surface area contributed by atoms with Gasteiger partial charge in [-0.05, 0) is 31.6 Å². The highest BCUT2D eigenvalue weighted by molar-refractivity contribution is 5.83. The van der Waals surface area contributed by atoms with Crippen LogP contribution >= 0.6 is 0 Å². The van der Waals surface area contributed by atoms with Crippen LogP contribution in [0.2, 0.25) is 0 Å². The average molecular weight is 381 g/mol. The van der Waals surface area contributed by atoms with Crippen molar-refractivity contribution in [3.05, 3.63) is 0 Å². The van der Waals surface area contributed by atoms with Gasteiger partial charge in [0, 0.05) is 45.4 Å². The van der Waals surface area contributed by atoms with Gasteiger partial charge in [-0.2, -0.15) is 0 Å². The maximum Gasteiger partial charge on any atom is 0.308 e. The Morgan fingerprint density at radius 2 is 2.04 bits per heavy atom. The largest absolute Gasteiger partial charge is 0.481 e. The Morgan fingerprint density at radius 3 is 2.70 bits per heavy atom. The first-order valence-electron chi connectivity index (χ1n) is 9.98. The summed E-state index contributed by atoms with van der Waals surface area (Å²) in [6, 6.07) is -0.389. The molecule has 152 valence electrons. The lowest BCUT2D eigenvalue weighted by Gasteiger charge is -2.39. The summed E-state index contributed by atoms with van der Waals surface area (Å²) in [5, 5.41) is 18.1. The molecule has 10 heteroatoms. The lowest BCUT2D eigenvalue weighted by molar-refractivity contribution is -0.145. The number of carbonyl (C=O) groups excluding carboxylic acids is 1. The highest BCUT2D eigenvalue weighted by atomic mass is 16.4. The zero-order chi connectivity index (χ0) is 19.0. The van der Waals surface area contributed by atoms with E-state index >= 15 is 0 Å². The number of nitrogens with zero attached hydrogens (tertiary/aromatic N) is 2. The standard InChI is InChI=1S/C17H31N7O3/c1-23-14-7-13(11(17(26)27)6-10(14)8-19-23)20-16(25)12-2-3-15(22-21-12)24-5-4-18-9-24/h10-15,18-19,21-22H,2-9H2,1H3,(H,20,25)(H,26,27). The van der Waals surface area contributed by atoms with Crippen LogP contribution in [0.15, 0.2) is 0 Å². The van der Waals surface area contributed by atoms with Crippen molar-refractivity contribution in [2.24, 2.45) is 11.8 Å². The molecule has 0 aromatic carbocycles. The zero-order valence-electron chi connectivity index (χ0n) is 15.8. The van der Waals surface area contributed by atoms with Crippen molar-refractivity contribution in [1.82, 2.24) is 36.8 Å². The number of aliphatic carboxylic acids is 1. The summed E-state index contributed by atoms with van der Waals surface area (Å²) in [6.45, 7) is 3.67. The minimum Gasteiger partial charge on any atom is -0.481 e. The third kappa shape index (κ3) is 3.96. The molecule has 4 fully saturated rings. The van der Waals surface area contributed by atoms with Gasteiger partial charge in [-0.25, -0.2) is 15.9 Å². The highest BCUT2D eigenvalue weighted by Crippen LogP contribution is 2.34. The molecule has 0 aromatic heterocycles. The molecule has 0 aromatic rings. The SMILES string of the molecule is CN1NCC2CC(C(=O)O)C(NC(=O)C3CCC(N4CCNC4)NN3)CC21. The first kappa shape index (κ1) is 19.0. The number of hydrogen-bond donors (Lipinski definition) is 6. The molecule has 3 saturated heterocycles. The van der Waals surface area contributed by atoms with E-state index in [0.717, 1.165) is 39.1 Å². The van der Waals surface area contributed by atoms with Gasteiger partial charge in [0.1, 0.15) is 6.04 Å². The third-order valence-electron chi connectivity index (χ3n) is 6.63. The second-order valence-electron chi connectivity index (χ2n) is 8.24. The Balaban J connectivity index is 1.33. The van der Waals surface area contributed by atoms with Gasteiger partial charge in [-0.15, -0.1) is 0 Å². The monoisotopic (exact) mass is 381 g/mol. The van der Waals surface area contributed by atoms with Crippen LogP contribution in [0.4, 0.5) is 0 Å².